The number of rotatable bonds is 1. The van der Waals surface area contributed by atoms with Crippen molar-refractivity contribution in [3.05, 3.63) is 33.3 Å². The second-order valence-corrected chi connectivity index (χ2v) is 5.14. The minimum absolute atomic E-state index is 0.382. The molecule has 0 aliphatic carbocycles. The molecule has 0 saturated carbocycles. The fourth-order valence-electron chi connectivity index (χ4n) is 1.75. The van der Waals surface area contributed by atoms with E-state index in [1.165, 1.54) is 0 Å². The van der Waals surface area contributed by atoms with Crippen molar-refractivity contribution in [1.82, 2.24) is 5.32 Å². The number of benzene rings is 1. The van der Waals surface area contributed by atoms with Gasteiger partial charge in [0.05, 0.1) is 5.92 Å². The van der Waals surface area contributed by atoms with Crippen LogP contribution in [0.3, 0.4) is 0 Å². The van der Waals surface area contributed by atoms with Gasteiger partial charge in [-0.1, -0.05) is 23.2 Å². The number of amides is 2. The first-order valence-electron chi connectivity index (χ1n) is 4.86. The van der Waals surface area contributed by atoms with Gasteiger partial charge >= 0.3 is 0 Å². The third-order valence-corrected chi connectivity index (χ3v) is 3.87. The Hall–Kier alpha value is -0.770. The number of carbonyl (C=O) groups is 2. The zero-order valence-corrected chi connectivity index (χ0v) is 11.0. The summed E-state index contributed by atoms with van der Waals surface area (Å²) in [5, 5.41) is 2.09. The molecule has 2 unspecified atom stereocenters. The summed E-state index contributed by atoms with van der Waals surface area (Å²) in [6.07, 6.45) is 0. The molecular weight excluding hydrogens is 284 g/mol. The van der Waals surface area contributed by atoms with Crippen molar-refractivity contribution in [1.29, 1.82) is 0 Å². The second kappa shape index (κ2) is 4.48. The van der Waals surface area contributed by atoms with E-state index in [2.05, 4.69) is 5.32 Å². The Kier molecular flexibility index (Phi) is 3.34. The molecule has 1 aliphatic rings. The number of hydrogen-bond acceptors (Lipinski definition) is 2. The third kappa shape index (κ3) is 2.15. The molecule has 1 N–H and O–H groups in total. The van der Waals surface area contributed by atoms with Gasteiger partial charge in [0.25, 0.3) is 0 Å². The fraction of sp³-hybridized carbons (Fsp3) is 0.273. The molecule has 1 saturated heterocycles. The Morgan fingerprint density at radius 2 is 1.76 bits per heavy atom. The maximum Gasteiger partial charge on any atom is 0.245 e. The highest BCUT2D eigenvalue weighted by molar-refractivity contribution is 6.38. The van der Waals surface area contributed by atoms with E-state index in [4.69, 9.17) is 34.8 Å². The van der Waals surface area contributed by atoms with E-state index in [0.717, 1.165) is 5.56 Å². The van der Waals surface area contributed by atoms with E-state index in [0.29, 0.717) is 15.6 Å². The Labute approximate surface area is 113 Å². The Bertz CT molecular complexity index is 516. The van der Waals surface area contributed by atoms with Crippen LogP contribution in [-0.4, -0.2) is 17.2 Å². The smallest absolute Gasteiger partial charge is 0.245 e. The van der Waals surface area contributed by atoms with Crippen LogP contribution < -0.4 is 5.32 Å². The summed E-state index contributed by atoms with van der Waals surface area (Å²) in [7, 11) is 0. The van der Waals surface area contributed by atoms with Gasteiger partial charge in [0, 0.05) is 10.0 Å². The fourth-order valence-corrected chi connectivity index (χ4v) is 2.56. The molecule has 0 radical (unpaired) electrons. The lowest BCUT2D eigenvalue weighted by molar-refractivity contribution is -0.125. The standard InChI is InChI=1S/C11H8Cl3NO2/c1-4-2-7(13)5(3-6(4)12)8-9(14)11(17)15-10(8)16/h2-3,8-9H,1H3,(H,15,16,17). The molecule has 1 aliphatic heterocycles. The molecule has 1 aromatic rings. The van der Waals surface area contributed by atoms with Crippen molar-refractivity contribution < 1.29 is 9.59 Å². The molecule has 0 aromatic heterocycles. The molecule has 0 spiro atoms. The number of imide groups is 1. The van der Waals surface area contributed by atoms with Gasteiger partial charge in [0.2, 0.25) is 11.8 Å². The molecular formula is C11H8Cl3NO2. The average molecular weight is 293 g/mol. The first-order valence-corrected chi connectivity index (χ1v) is 6.05. The first kappa shape index (κ1) is 12.7. The number of carbonyl (C=O) groups excluding carboxylic acids is 2. The lowest BCUT2D eigenvalue weighted by Crippen LogP contribution is -2.22. The van der Waals surface area contributed by atoms with E-state index >= 15 is 0 Å². The summed E-state index contributed by atoms with van der Waals surface area (Å²) in [5.74, 6) is -1.74. The summed E-state index contributed by atoms with van der Waals surface area (Å²) < 4.78 is 0. The van der Waals surface area contributed by atoms with Crippen LogP contribution in [0.4, 0.5) is 0 Å². The minimum atomic E-state index is -0.946. The van der Waals surface area contributed by atoms with Crippen molar-refractivity contribution in [2.75, 3.05) is 0 Å². The summed E-state index contributed by atoms with van der Waals surface area (Å²) in [6, 6.07) is 3.23. The van der Waals surface area contributed by atoms with Crippen LogP contribution in [0.2, 0.25) is 10.0 Å². The SMILES string of the molecule is Cc1cc(Cl)c(C2C(=O)NC(=O)C2Cl)cc1Cl. The molecule has 1 aromatic carbocycles. The number of nitrogens with one attached hydrogen (secondary N) is 1. The number of hydrogen-bond donors (Lipinski definition) is 1. The number of halogens is 3. The summed E-state index contributed by atoms with van der Waals surface area (Å²) in [6.45, 7) is 1.80. The largest absolute Gasteiger partial charge is 0.295 e. The highest BCUT2D eigenvalue weighted by atomic mass is 35.5. The third-order valence-electron chi connectivity index (χ3n) is 2.69. The van der Waals surface area contributed by atoms with E-state index in [9.17, 15) is 9.59 Å². The van der Waals surface area contributed by atoms with Gasteiger partial charge in [-0.15, -0.1) is 11.6 Å². The molecule has 1 fully saturated rings. The number of aryl methyl sites for hydroxylation is 1. The van der Waals surface area contributed by atoms with Crippen molar-refractivity contribution in [3.63, 3.8) is 0 Å². The number of alkyl halides is 1. The van der Waals surface area contributed by atoms with Gasteiger partial charge in [0.15, 0.2) is 0 Å². The highest BCUT2D eigenvalue weighted by Crippen LogP contribution is 2.36. The molecule has 17 heavy (non-hydrogen) atoms. The van der Waals surface area contributed by atoms with Crippen molar-refractivity contribution in [2.45, 2.75) is 18.2 Å². The molecule has 90 valence electrons. The van der Waals surface area contributed by atoms with E-state index < -0.39 is 23.1 Å². The normalized spacial score (nSPS) is 24.0. The molecule has 2 atom stereocenters. The summed E-state index contributed by atoms with van der Waals surface area (Å²) in [4.78, 5) is 22.9. The van der Waals surface area contributed by atoms with Crippen molar-refractivity contribution in [2.24, 2.45) is 0 Å². The zero-order valence-electron chi connectivity index (χ0n) is 8.76. The van der Waals surface area contributed by atoms with Crippen molar-refractivity contribution >= 4 is 46.6 Å². The molecule has 0 bridgehead atoms. The van der Waals surface area contributed by atoms with Crippen LogP contribution in [0.25, 0.3) is 0 Å². The van der Waals surface area contributed by atoms with Crippen LogP contribution in [0.5, 0.6) is 0 Å². The van der Waals surface area contributed by atoms with Gasteiger partial charge < -0.3 is 0 Å². The maximum absolute atomic E-state index is 11.6. The first-order chi connectivity index (χ1) is 7.91. The lowest BCUT2D eigenvalue weighted by Gasteiger charge is -2.13. The van der Waals surface area contributed by atoms with E-state index in [1.54, 1.807) is 19.1 Å². The topological polar surface area (TPSA) is 46.2 Å². The summed E-state index contributed by atoms with van der Waals surface area (Å²) in [5.41, 5.74) is 1.28. The van der Waals surface area contributed by atoms with Gasteiger partial charge in [-0.05, 0) is 30.2 Å². The van der Waals surface area contributed by atoms with Crippen molar-refractivity contribution in [3.8, 4) is 0 Å². The lowest BCUT2D eigenvalue weighted by atomic mass is 9.96. The summed E-state index contributed by atoms with van der Waals surface area (Å²) >= 11 is 17.9. The highest BCUT2D eigenvalue weighted by Gasteiger charge is 2.42. The molecule has 2 rings (SSSR count). The predicted octanol–water partition coefficient (Wildman–Crippen LogP) is 2.65. The maximum atomic E-state index is 11.6. The van der Waals surface area contributed by atoms with Crippen LogP contribution >= 0.6 is 34.8 Å². The van der Waals surface area contributed by atoms with Gasteiger partial charge in [-0.2, -0.15) is 0 Å². The Balaban J connectivity index is 2.51. The Morgan fingerprint density at radius 3 is 2.29 bits per heavy atom. The molecule has 2 amide bonds. The van der Waals surface area contributed by atoms with Gasteiger partial charge in [-0.25, -0.2) is 0 Å². The van der Waals surface area contributed by atoms with Crippen LogP contribution in [0, 0.1) is 6.92 Å². The van der Waals surface area contributed by atoms with Gasteiger partial charge in [0.1, 0.15) is 5.38 Å². The minimum Gasteiger partial charge on any atom is -0.295 e. The predicted molar refractivity (Wildman–Crippen MR) is 66.7 cm³/mol. The van der Waals surface area contributed by atoms with E-state index in [1.807, 2.05) is 0 Å². The van der Waals surface area contributed by atoms with Gasteiger partial charge in [-0.3, -0.25) is 14.9 Å². The quantitative estimate of drug-likeness (QED) is 0.639. The van der Waals surface area contributed by atoms with Crippen LogP contribution in [0.1, 0.15) is 17.0 Å². The monoisotopic (exact) mass is 291 g/mol. The Morgan fingerprint density at radius 1 is 1.12 bits per heavy atom. The molecule has 3 nitrogen and oxygen atoms in total. The zero-order chi connectivity index (χ0) is 12.7. The average Bonchev–Trinajstić information content (AvgIpc) is 2.48. The van der Waals surface area contributed by atoms with Crippen LogP contribution in [0.15, 0.2) is 12.1 Å². The van der Waals surface area contributed by atoms with Crippen LogP contribution in [-0.2, 0) is 9.59 Å². The van der Waals surface area contributed by atoms with E-state index in [-0.39, 0.29) is 0 Å². The second-order valence-electron chi connectivity index (χ2n) is 3.86. The molecule has 6 heteroatoms. The molecule has 1 heterocycles.